The topological polar surface area (TPSA) is 88.0 Å². The normalized spacial score (nSPS) is 25.6. The van der Waals surface area contributed by atoms with Gasteiger partial charge in [-0.3, -0.25) is 4.79 Å². The standard InChI is InChI=1S/C10H19NO5/c12-1-2-15-3-4-16-9-5-8(10(13)14)6-11-7-9/h8-9,11-12H,1-7H2,(H,13,14). The van der Waals surface area contributed by atoms with Crippen LogP contribution in [0.4, 0.5) is 0 Å². The average Bonchev–Trinajstić information content (AvgIpc) is 2.29. The Kier molecular flexibility index (Phi) is 6.32. The quantitative estimate of drug-likeness (QED) is 0.493. The summed E-state index contributed by atoms with van der Waals surface area (Å²) in [6.45, 7) is 2.36. The van der Waals surface area contributed by atoms with Crippen molar-refractivity contribution < 1.29 is 24.5 Å². The van der Waals surface area contributed by atoms with Crippen molar-refractivity contribution in [3.8, 4) is 0 Å². The Balaban J connectivity index is 2.10. The minimum Gasteiger partial charge on any atom is -0.481 e. The molecular weight excluding hydrogens is 214 g/mol. The lowest BCUT2D eigenvalue weighted by Gasteiger charge is -2.27. The molecule has 0 radical (unpaired) electrons. The number of rotatable bonds is 7. The number of nitrogens with one attached hydrogen (secondary N) is 1. The summed E-state index contributed by atoms with van der Waals surface area (Å²) in [7, 11) is 0. The molecule has 94 valence electrons. The first-order chi connectivity index (χ1) is 7.74. The van der Waals surface area contributed by atoms with Gasteiger partial charge in [-0.15, -0.1) is 0 Å². The van der Waals surface area contributed by atoms with Gasteiger partial charge in [0.1, 0.15) is 0 Å². The summed E-state index contributed by atoms with van der Waals surface area (Å²) >= 11 is 0. The monoisotopic (exact) mass is 233 g/mol. The maximum atomic E-state index is 10.8. The van der Waals surface area contributed by atoms with Crippen molar-refractivity contribution in [2.75, 3.05) is 39.5 Å². The van der Waals surface area contributed by atoms with E-state index in [0.717, 1.165) is 0 Å². The number of carboxylic acid groups (broad SMARTS) is 1. The summed E-state index contributed by atoms with van der Waals surface area (Å²) in [5.74, 6) is -1.14. The van der Waals surface area contributed by atoms with Crippen LogP contribution in [0.25, 0.3) is 0 Å². The second kappa shape index (κ2) is 7.56. The molecule has 6 heteroatoms. The van der Waals surface area contributed by atoms with Crippen molar-refractivity contribution in [3.63, 3.8) is 0 Å². The summed E-state index contributed by atoms with van der Waals surface area (Å²) in [6, 6.07) is 0. The van der Waals surface area contributed by atoms with Gasteiger partial charge >= 0.3 is 5.97 Å². The van der Waals surface area contributed by atoms with Crippen molar-refractivity contribution in [2.45, 2.75) is 12.5 Å². The molecule has 3 N–H and O–H groups in total. The van der Waals surface area contributed by atoms with Gasteiger partial charge in [-0.1, -0.05) is 0 Å². The van der Waals surface area contributed by atoms with E-state index in [0.29, 0.717) is 39.3 Å². The summed E-state index contributed by atoms with van der Waals surface area (Å²) in [5.41, 5.74) is 0. The molecule has 1 heterocycles. The number of carbonyl (C=O) groups is 1. The fourth-order valence-electron chi connectivity index (χ4n) is 1.66. The fraction of sp³-hybridized carbons (Fsp3) is 0.900. The Morgan fingerprint density at radius 3 is 2.81 bits per heavy atom. The predicted molar refractivity (Wildman–Crippen MR) is 56.3 cm³/mol. The number of aliphatic hydroxyl groups excluding tert-OH is 1. The number of hydrogen-bond acceptors (Lipinski definition) is 5. The summed E-state index contributed by atoms with van der Waals surface area (Å²) in [4.78, 5) is 10.8. The second-order valence-electron chi connectivity index (χ2n) is 3.76. The van der Waals surface area contributed by atoms with Gasteiger partial charge in [0.25, 0.3) is 0 Å². The van der Waals surface area contributed by atoms with E-state index in [9.17, 15) is 4.79 Å². The number of hydrogen-bond donors (Lipinski definition) is 3. The molecule has 0 aliphatic carbocycles. The van der Waals surface area contributed by atoms with Gasteiger partial charge in [0.05, 0.1) is 38.4 Å². The molecule has 0 bridgehead atoms. The highest BCUT2D eigenvalue weighted by Crippen LogP contribution is 2.13. The molecule has 0 saturated carbocycles. The molecule has 0 spiro atoms. The van der Waals surface area contributed by atoms with Crippen molar-refractivity contribution in [1.29, 1.82) is 0 Å². The molecule has 16 heavy (non-hydrogen) atoms. The highest BCUT2D eigenvalue weighted by atomic mass is 16.5. The molecule has 1 fully saturated rings. The van der Waals surface area contributed by atoms with Gasteiger partial charge in [-0.05, 0) is 6.42 Å². The number of ether oxygens (including phenoxy) is 2. The van der Waals surface area contributed by atoms with Crippen LogP contribution >= 0.6 is 0 Å². The molecule has 0 aromatic rings. The Hall–Kier alpha value is -0.690. The molecule has 2 atom stereocenters. The van der Waals surface area contributed by atoms with Crippen LogP contribution in [0, 0.1) is 5.92 Å². The first-order valence-corrected chi connectivity index (χ1v) is 5.47. The van der Waals surface area contributed by atoms with Crippen molar-refractivity contribution >= 4 is 5.97 Å². The van der Waals surface area contributed by atoms with Crippen LogP contribution in [0.15, 0.2) is 0 Å². The molecule has 1 aliphatic heterocycles. The zero-order valence-electron chi connectivity index (χ0n) is 9.22. The van der Waals surface area contributed by atoms with E-state index in [1.54, 1.807) is 0 Å². The minimum absolute atomic E-state index is 0.00602. The van der Waals surface area contributed by atoms with E-state index in [-0.39, 0.29) is 18.6 Å². The number of aliphatic hydroxyl groups is 1. The van der Waals surface area contributed by atoms with E-state index in [2.05, 4.69) is 5.32 Å². The van der Waals surface area contributed by atoms with Gasteiger partial charge in [-0.25, -0.2) is 0 Å². The van der Waals surface area contributed by atoms with Gasteiger partial charge in [0, 0.05) is 13.1 Å². The third-order valence-corrected chi connectivity index (χ3v) is 2.48. The smallest absolute Gasteiger partial charge is 0.307 e. The van der Waals surface area contributed by atoms with E-state index in [1.165, 1.54) is 0 Å². The van der Waals surface area contributed by atoms with Crippen LogP contribution in [-0.4, -0.2) is 61.8 Å². The lowest BCUT2D eigenvalue weighted by atomic mass is 9.98. The fourth-order valence-corrected chi connectivity index (χ4v) is 1.66. The zero-order chi connectivity index (χ0) is 11.8. The van der Waals surface area contributed by atoms with Crippen LogP contribution in [0.5, 0.6) is 0 Å². The minimum atomic E-state index is -0.780. The molecule has 2 unspecified atom stereocenters. The van der Waals surface area contributed by atoms with E-state index in [1.807, 2.05) is 0 Å². The highest BCUT2D eigenvalue weighted by molar-refractivity contribution is 5.70. The Bertz CT molecular complexity index is 211. The Labute approximate surface area is 94.5 Å². The zero-order valence-corrected chi connectivity index (χ0v) is 9.22. The van der Waals surface area contributed by atoms with Crippen LogP contribution < -0.4 is 5.32 Å². The molecule has 0 aromatic heterocycles. The molecule has 1 aliphatic rings. The molecule has 1 rings (SSSR count). The summed E-state index contributed by atoms with van der Waals surface area (Å²) < 4.78 is 10.5. The maximum absolute atomic E-state index is 10.8. The summed E-state index contributed by atoms with van der Waals surface area (Å²) in [5, 5.41) is 20.4. The molecule has 6 nitrogen and oxygen atoms in total. The molecule has 0 amide bonds. The first kappa shape index (κ1) is 13.4. The number of aliphatic carboxylic acids is 1. The van der Waals surface area contributed by atoms with Gasteiger partial charge in [0.15, 0.2) is 0 Å². The van der Waals surface area contributed by atoms with E-state index in [4.69, 9.17) is 19.7 Å². The highest BCUT2D eigenvalue weighted by Gasteiger charge is 2.26. The van der Waals surface area contributed by atoms with Gasteiger partial charge < -0.3 is 25.0 Å². The van der Waals surface area contributed by atoms with Crippen molar-refractivity contribution in [2.24, 2.45) is 5.92 Å². The first-order valence-electron chi connectivity index (χ1n) is 5.47. The molecule has 0 aromatic carbocycles. The van der Waals surface area contributed by atoms with Crippen molar-refractivity contribution in [1.82, 2.24) is 5.32 Å². The van der Waals surface area contributed by atoms with Gasteiger partial charge in [0.2, 0.25) is 0 Å². The Morgan fingerprint density at radius 2 is 2.12 bits per heavy atom. The molecular formula is C10H19NO5. The summed E-state index contributed by atoms with van der Waals surface area (Å²) in [6.07, 6.45) is 0.482. The van der Waals surface area contributed by atoms with Gasteiger partial charge in [-0.2, -0.15) is 0 Å². The lowest BCUT2D eigenvalue weighted by molar-refractivity contribution is -0.144. The van der Waals surface area contributed by atoms with Crippen molar-refractivity contribution in [3.05, 3.63) is 0 Å². The largest absolute Gasteiger partial charge is 0.481 e. The predicted octanol–water partition coefficient (Wildman–Crippen LogP) is -0.925. The SMILES string of the molecule is O=C(O)C1CNCC(OCCOCCO)C1. The van der Waals surface area contributed by atoms with Crippen LogP contribution in [0.1, 0.15) is 6.42 Å². The third kappa shape index (κ3) is 4.89. The van der Waals surface area contributed by atoms with Crippen LogP contribution in [0.2, 0.25) is 0 Å². The van der Waals surface area contributed by atoms with E-state index >= 15 is 0 Å². The Morgan fingerprint density at radius 1 is 1.31 bits per heavy atom. The number of carboxylic acids is 1. The maximum Gasteiger partial charge on any atom is 0.307 e. The van der Waals surface area contributed by atoms with E-state index < -0.39 is 5.97 Å². The lowest BCUT2D eigenvalue weighted by Crippen LogP contribution is -2.43. The second-order valence-corrected chi connectivity index (χ2v) is 3.76. The van der Waals surface area contributed by atoms with Crippen LogP contribution in [0.3, 0.4) is 0 Å². The average molecular weight is 233 g/mol. The third-order valence-electron chi connectivity index (χ3n) is 2.48. The number of piperidine rings is 1. The van der Waals surface area contributed by atoms with Crippen LogP contribution in [-0.2, 0) is 14.3 Å². The molecule has 1 saturated heterocycles.